The molecule has 0 amide bonds. The molecule has 5 aromatic rings. The molecule has 0 aliphatic carbocycles. The average Bonchev–Trinajstić information content (AvgIpc) is 3.27. The second kappa shape index (κ2) is 8.82. The monoisotopic (exact) mass is 534 g/mol. The number of benzene rings is 3. The Labute approximate surface area is 222 Å². The van der Waals surface area contributed by atoms with Crippen LogP contribution in [-0.4, -0.2) is 9.13 Å². The van der Waals surface area contributed by atoms with Crippen LogP contribution >= 0.6 is 23.2 Å². The van der Waals surface area contributed by atoms with E-state index >= 15 is 0 Å². The summed E-state index contributed by atoms with van der Waals surface area (Å²) in [4.78, 5) is 53.2. The summed E-state index contributed by atoms with van der Waals surface area (Å²) in [6.07, 6.45) is 1.18. The topological polar surface area (TPSA) is 78.1 Å². The average molecular weight is 535 g/mol. The number of hydrogen-bond acceptors (Lipinski definition) is 4. The van der Waals surface area contributed by atoms with Crippen LogP contribution in [0.15, 0.2) is 67.7 Å². The molecule has 2 aromatic heterocycles. The summed E-state index contributed by atoms with van der Waals surface area (Å²) in [7, 11) is 0. The fourth-order valence-electron chi connectivity index (χ4n) is 4.96. The van der Waals surface area contributed by atoms with E-state index in [4.69, 9.17) is 23.2 Å². The molecule has 8 heteroatoms. The van der Waals surface area contributed by atoms with E-state index < -0.39 is 27.8 Å². The summed E-state index contributed by atoms with van der Waals surface area (Å²) >= 11 is 13.0. The van der Waals surface area contributed by atoms with Gasteiger partial charge in [-0.25, -0.2) is 4.57 Å². The number of halogens is 2. The van der Waals surface area contributed by atoms with E-state index in [1.54, 1.807) is 12.1 Å². The second-order valence-electron chi connectivity index (χ2n) is 9.69. The maximum absolute atomic E-state index is 13.4. The van der Waals surface area contributed by atoms with Gasteiger partial charge in [0.05, 0.1) is 32.3 Å². The van der Waals surface area contributed by atoms with Gasteiger partial charge in [0.15, 0.2) is 0 Å². The third-order valence-corrected chi connectivity index (χ3v) is 8.21. The predicted molar refractivity (Wildman–Crippen MR) is 151 cm³/mol. The minimum atomic E-state index is -0.656. The summed E-state index contributed by atoms with van der Waals surface area (Å²) in [5, 5.41) is 1.31. The first-order valence-electron chi connectivity index (χ1n) is 12.0. The highest BCUT2D eigenvalue weighted by Gasteiger charge is 2.29. The Morgan fingerprint density at radius 1 is 0.676 bits per heavy atom. The van der Waals surface area contributed by atoms with E-state index in [9.17, 15) is 19.2 Å². The van der Waals surface area contributed by atoms with Crippen LogP contribution in [0.3, 0.4) is 0 Å². The van der Waals surface area contributed by atoms with Gasteiger partial charge < -0.3 is 0 Å². The molecule has 188 valence electrons. The molecule has 0 unspecified atom stereocenters. The quantitative estimate of drug-likeness (QED) is 0.289. The van der Waals surface area contributed by atoms with Crippen LogP contribution in [0.5, 0.6) is 0 Å². The van der Waals surface area contributed by atoms with E-state index in [1.165, 1.54) is 22.8 Å². The molecule has 0 spiro atoms. The minimum Gasteiger partial charge on any atom is -0.269 e. The Hall–Kier alpha value is -3.48. The van der Waals surface area contributed by atoms with Crippen molar-refractivity contribution in [3.05, 3.63) is 106 Å². The molecule has 0 aliphatic rings. The normalized spacial score (nSPS) is 12.2. The first kappa shape index (κ1) is 25.2. The van der Waals surface area contributed by atoms with Gasteiger partial charge >= 0.3 is 0 Å². The zero-order chi connectivity index (χ0) is 26.8. The van der Waals surface area contributed by atoms with E-state index in [1.807, 2.05) is 45.9 Å². The van der Waals surface area contributed by atoms with E-state index in [-0.39, 0.29) is 27.2 Å². The number of aryl methyl sites for hydroxylation is 1. The van der Waals surface area contributed by atoms with Gasteiger partial charge in [0.2, 0.25) is 0 Å². The SMILES string of the molecule is CCC(C)(CC)n1c(=O)c2cc3c(=O)n(-c4ccc(-c5ccc(C)cc5Cl)c(Cl)c4)c(=O)c3cc2c1=O. The van der Waals surface area contributed by atoms with E-state index in [0.29, 0.717) is 28.5 Å². The van der Waals surface area contributed by atoms with Crippen molar-refractivity contribution in [1.82, 2.24) is 9.13 Å². The fourth-order valence-corrected chi connectivity index (χ4v) is 5.58. The summed E-state index contributed by atoms with van der Waals surface area (Å²) in [5.41, 5.74) is -0.0190. The Kier molecular flexibility index (Phi) is 6.00. The molecule has 0 saturated carbocycles. The van der Waals surface area contributed by atoms with Crippen molar-refractivity contribution >= 4 is 44.7 Å². The number of hydrogen-bond donors (Lipinski definition) is 0. The fraction of sp³-hybridized carbons (Fsp3) is 0.241. The lowest BCUT2D eigenvalue weighted by Gasteiger charge is -2.27. The highest BCUT2D eigenvalue weighted by Crippen LogP contribution is 2.35. The lowest BCUT2D eigenvalue weighted by molar-refractivity contribution is 0.282. The molecule has 6 nitrogen and oxygen atoms in total. The summed E-state index contributed by atoms with van der Waals surface area (Å²) in [6.45, 7) is 7.63. The van der Waals surface area contributed by atoms with Gasteiger partial charge in [-0.05, 0) is 62.6 Å². The number of nitrogens with zero attached hydrogens (tertiary/aromatic N) is 2. The maximum atomic E-state index is 13.4. The van der Waals surface area contributed by atoms with E-state index in [2.05, 4.69) is 0 Å². The van der Waals surface area contributed by atoms with Crippen molar-refractivity contribution in [3.8, 4) is 16.8 Å². The van der Waals surface area contributed by atoms with Gasteiger partial charge in [-0.3, -0.25) is 23.7 Å². The van der Waals surface area contributed by atoms with Crippen LogP contribution in [0.1, 0.15) is 39.2 Å². The Bertz CT molecular complexity index is 1860. The Balaban J connectivity index is 1.71. The van der Waals surface area contributed by atoms with Gasteiger partial charge in [0.25, 0.3) is 22.2 Å². The zero-order valence-corrected chi connectivity index (χ0v) is 22.3. The number of fused-ring (bicyclic) bond motifs is 2. The molecule has 0 saturated heterocycles. The molecular weight excluding hydrogens is 511 g/mol. The van der Waals surface area contributed by atoms with Gasteiger partial charge in [-0.15, -0.1) is 0 Å². The van der Waals surface area contributed by atoms with Crippen LogP contribution in [0.2, 0.25) is 10.0 Å². The standard InChI is InChI=1S/C29H24Cl2N2O4/c1-5-29(4,6-2)33-27(36)21-13-19-20(14-22(21)28(33)37)26(35)32(25(19)34)16-8-10-18(24(31)12-16)17-9-7-15(3)11-23(17)30/h7-14H,5-6H2,1-4H3. The van der Waals surface area contributed by atoms with Crippen molar-refractivity contribution in [2.24, 2.45) is 0 Å². The van der Waals surface area contributed by atoms with Crippen molar-refractivity contribution in [2.45, 2.75) is 46.1 Å². The lowest BCUT2D eigenvalue weighted by atomic mass is 9.95. The van der Waals surface area contributed by atoms with Crippen molar-refractivity contribution in [2.75, 3.05) is 0 Å². The molecule has 37 heavy (non-hydrogen) atoms. The Morgan fingerprint density at radius 2 is 1.14 bits per heavy atom. The highest BCUT2D eigenvalue weighted by atomic mass is 35.5. The third-order valence-electron chi connectivity index (χ3n) is 7.58. The predicted octanol–water partition coefficient (Wildman–Crippen LogP) is 5.72. The van der Waals surface area contributed by atoms with Gasteiger partial charge in [-0.2, -0.15) is 0 Å². The van der Waals surface area contributed by atoms with Crippen LogP contribution in [0.25, 0.3) is 38.4 Å². The second-order valence-corrected chi connectivity index (χ2v) is 10.5. The summed E-state index contributed by atoms with van der Waals surface area (Å²) in [6, 6.07) is 13.2. The van der Waals surface area contributed by atoms with Crippen LogP contribution in [0, 0.1) is 6.92 Å². The molecule has 0 radical (unpaired) electrons. The van der Waals surface area contributed by atoms with Crippen LogP contribution in [0.4, 0.5) is 0 Å². The molecule has 0 aliphatic heterocycles. The van der Waals surface area contributed by atoms with Gasteiger partial charge in [0, 0.05) is 21.7 Å². The number of aromatic nitrogens is 2. The molecule has 0 bridgehead atoms. The first-order valence-corrected chi connectivity index (χ1v) is 12.8. The van der Waals surface area contributed by atoms with Crippen molar-refractivity contribution < 1.29 is 0 Å². The van der Waals surface area contributed by atoms with Gasteiger partial charge in [0.1, 0.15) is 0 Å². The Morgan fingerprint density at radius 3 is 1.59 bits per heavy atom. The van der Waals surface area contributed by atoms with Gasteiger partial charge in [-0.1, -0.05) is 55.2 Å². The van der Waals surface area contributed by atoms with Crippen molar-refractivity contribution in [3.63, 3.8) is 0 Å². The van der Waals surface area contributed by atoms with Crippen molar-refractivity contribution in [1.29, 1.82) is 0 Å². The van der Waals surface area contributed by atoms with Crippen LogP contribution < -0.4 is 22.2 Å². The zero-order valence-electron chi connectivity index (χ0n) is 20.8. The number of rotatable bonds is 5. The lowest BCUT2D eigenvalue weighted by Crippen LogP contribution is -2.42. The molecule has 5 rings (SSSR count). The summed E-state index contributed by atoms with van der Waals surface area (Å²) < 4.78 is 2.27. The molecule has 0 atom stereocenters. The van der Waals surface area contributed by atoms with E-state index in [0.717, 1.165) is 15.7 Å². The molecule has 0 fully saturated rings. The minimum absolute atomic E-state index is 0.0863. The third kappa shape index (κ3) is 3.70. The molecule has 3 aromatic carbocycles. The molecule has 0 N–H and O–H groups in total. The van der Waals surface area contributed by atoms with Crippen LogP contribution in [-0.2, 0) is 5.54 Å². The smallest absolute Gasteiger partial charge is 0.266 e. The molecule has 2 heterocycles. The molecular formula is C29H24Cl2N2O4. The first-order chi connectivity index (χ1) is 17.5. The summed E-state index contributed by atoms with van der Waals surface area (Å²) in [5.74, 6) is 0. The maximum Gasteiger partial charge on any atom is 0.266 e. The largest absolute Gasteiger partial charge is 0.269 e. The highest BCUT2D eigenvalue weighted by molar-refractivity contribution is 6.36.